The van der Waals surface area contributed by atoms with Crippen LogP contribution in [-0.4, -0.2) is 37.2 Å². The summed E-state index contributed by atoms with van der Waals surface area (Å²) in [6, 6.07) is 0. The molecule has 18 heavy (non-hydrogen) atoms. The zero-order valence-electron chi connectivity index (χ0n) is 10.9. The molecular formula is C12H20N4OS. The Kier molecular flexibility index (Phi) is 4.95. The van der Waals surface area contributed by atoms with Crippen LogP contribution in [-0.2, 0) is 11.3 Å². The first kappa shape index (κ1) is 13.3. The summed E-state index contributed by atoms with van der Waals surface area (Å²) in [5.41, 5.74) is 0. The zero-order valence-corrected chi connectivity index (χ0v) is 11.7. The van der Waals surface area contributed by atoms with Crippen molar-refractivity contribution in [1.29, 1.82) is 0 Å². The molecule has 2 rings (SSSR count). The highest BCUT2D eigenvalue weighted by Gasteiger charge is 2.15. The van der Waals surface area contributed by atoms with Crippen LogP contribution < -0.4 is 10.6 Å². The fraction of sp³-hybridized carbons (Fsp3) is 0.667. The molecule has 0 bridgehead atoms. The second kappa shape index (κ2) is 6.70. The van der Waals surface area contributed by atoms with E-state index in [4.69, 9.17) is 4.74 Å². The van der Waals surface area contributed by atoms with Gasteiger partial charge in [-0.1, -0.05) is 0 Å². The number of nitrogens with zero attached hydrogens (tertiary/aromatic N) is 2. The Bertz CT molecular complexity index is 399. The largest absolute Gasteiger partial charge is 0.376 e. The molecule has 1 fully saturated rings. The van der Waals surface area contributed by atoms with Crippen LogP contribution in [0.15, 0.2) is 11.2 Å². The highest BCUT2D eigenvalue weighted by Crippen LogP contribution is 2.11. The minimum Gasteiger partial charge on any atom is -0.376 e. The number of guanidine groups is 1. The van der Waals surface area contributed by atoms with Gasteiger partial charge in [0.25, 0.3) is 0 Å². The third-order valence-electron chi connectivity index (χ3n) is 2.82. The van der Waals surface area contributed by atoms with E-state index in [0.29, 0.717) is 12.6 Å². The minimum absolute atomic E-state index is 0.325. The van der Waals surface area contributed by atoms with Crippen molar-refractivity contribution in [3.05, 3.63) is 16.1 Å². The Hall–Kier alpha value is -1.14. The van der Waals surface area contributed by atoms with Crippen LogP contribution in [0.4, 0.5) is 0 Å². The van der Waals surface area contributed by atoms with E-state index in [0.717, 1.165) is 37.0 Å². The second-order valence-electron chi connectivity index (χ2n) is 4.31. The monoisotopic (exact) mass is 268 g/mol. The molecule has 1 saturated heterocycles. The van der Waals surface area contributed by atoms with Crippen molar-refractivity contribution in [2.75, 3.05) is 20.2 Å². The molecule has 1 aromatic rings. The van der Waals surface area contributed by atoms with E-state index in [9.17, 15) is 0 Å². The van der Waals surface area contributed by atoms with Crippen molar-refractivity contribution < 1.29 is 4.74 Å². The van der Waals surface area contributed by atoms with Gasteiger partial charge < -0.3 is 15.4 Å². The molecular weight excluding hydrogens is 248 g/mol. The van der Waals surface area contributed by atoms with E-state index < -0.39 is 0 Å². The summed E-state index contributed by atoms with van der Waals surface area (Å²) in [5, 5.41) is 7.61. The highest BCUT2D eigenvalue weighted by molar-refractivity contribution is 7.11. The van der Waals surface area contributed by atoms with Gasteiger partial charge in [0.15, 0.2) is 5.96 Å². The SMILES string of the molecule is CN=C(NCc1ncc(C)s1)NCC1CCCO1. The van der Waals surface area contributed by atoms with Crippen LogP contribution in [0.3, 0.4) is 0 Å². The van der Waals surface area contributed by atoms with Gasteiger partial charge in [-0.15, -0.1) is 11.3 Å². The molecule has 0 radical (unpaired) electrons. The summed E-state index contributed by atoms with van der Waals surface area (Å²) in [5.74, 6) is 0.804. The number of aliphatic imine (C=N–C) groups is 1. The maximum absolute atomic E-state index is 5.56. The van der Waals surface area contributed by atoms with Crippen molar-refractivity contribution in [3.63, 3.8) is 0 Å². The Morgan fingerprint density at radius 3 is 3.11 bits per heavy atom. The first-order valence-corrected chi connectivity index (χ1v) is 7.07. The first-order chi connectivity index (χ1) is 8.78. The number of thiazole rings is 1. The average Bonchev–Trinajstić information content (AvgIpc) is 3.01. The Balaban J connectivity index is 1.72. The van der Waals surface area contributed by atoms with Crippen LogP contribution in [0.25, 0.3) is 0 Å². The number of nitrogens with one attached hydrogen (secondary N) is 2. The fourth-order valence-electron chi connectivity index (χ4n) is 1.88. The number of ether oxygens (including phenoxy) is 1. The number of hydrogen-bond donors (Lipinski definition) is 2. The van der Waals surface area contributed by atoms with Crippen LogP contribution in [0.2, 0.25) is 0 Å². The maximum atomic E-state index is 5.56. The predicted octanol–water partition coefficient (Wildman–Crippen LogP) is 1.30. The molecule has 1 aliphatic heterocycles. The minimum atomic E-state index is 0.325. The van der Waals surface area contributed by atoms with E-state index in [1.165, 1.54) is 4.88 Å². The summed E-state index contributed by atoms with van der Waals surface area (Å²) in [7, 11) is 1.78. The van der Waals surface area contributed by atoms with Crippen LogP contribution in [0, 0.1) is 6.92 Å². The lowest BCUT2D eigenvalue weighted by Crippen LogP contribution is -2.40. The Morgan fingerprint density at radius 2 is 2.50 bits per heavy atom. The molecule has 0 aromatic carbocycles. The molecule has 1 aliphatic rings. The van der Waals surface area contributed by atoms with Gasteiger partial charge in [0.05, 0.1) is 12.6 Å². The summed E-state index contributed by atoms with van der Waals surface area (Å²) < 4.78 is 5.56. The van der Waals surface area contributed by atoms with E-state index in [-0.39, 0.29) is 0 Å². The molecule has 1 unspecified atom stereocenters. The summed E-state index contributed by atoms with van der Waals surface area (Å²) in [6.07, 6.45) is 4.52. The van der Waals surface area contributed by atoms with Gasteiger partial charge in [-0.3, -0.25) is 4.99 Å². The van der Waals surface area contributed by atoms with Gasteiger partial charge in [-0.05, 0) is 19.8 Å². The third-order valence-corrected chi connectivity index (χ3v) is 3.73. The summed E-state index contributed by atoms with van der Waals surface area (Å²) in [4.78, 5) is 9.73. The number of hydrogen-bond acceptors (Lipinski definition) is 4. The van der Waals surface area contributed by atoms with Crippen LogP contribution in [0.5, 0.6) is 0 Å². The first-order valence-electron chi connectivity index (χ1n) is 6.25. The molecule has 0 saturated carbocycles. The Labute approximate surface area is 112 Å². The van der Waals surface area contributed by atoms with Gasteiger partial charge in [0, 0.05) is 31.3 Å². The number of aryl methyl sites for hydroxylation is 1. The second-order valence-corrected chi connectivity index (χ2v) is 5.63. The number of aromatic nitrogens is 1. The van der Waals surface area contributed by atoms with Crippen molar-refractivity contribution in [3.8, 4) is 0 Å². The fourth-order valence-corrected chi connectivity index (χ4v) is 2.61. The van der Waals surface area contributed by atoms with Crippen molar-refractivity contribution in [2.45, 2.75) is 32.4 Å². The molecule has 0 spiro atoms. The molecule has 1 atom stereocenters. The lowest BCUT2D eigenvalue weighted by molar-refractivity contribution is 0.114. The van der Waals surface area contributed by atoms with E-state index in [1.54, 1.807) is 18.4 Å². The molecule has 2 N–H and O–H groups in total. The van der Waals surface area contributed by atoms with Gasteiger partial charge in [0.2, 0.25) is 0 Å². The van der Waals surface area contributed by atoms with Gasteiger partial charge >= 0.3 is 0 Å². The highest BCUT2D eigenvalue weighted by atomic mass is 32.1. The predicted molar refractivity (Wildman–Crippen MR) is 74.0 cm³/mol. The molecule has 0 amide bonds. The smallest absolute Gasteiger partial charge is 0.191 e. The summed E-state index contributed by atoms with van der Waals surface area (Å²) in [6.45, 7) is 4.47. The van der Waals surface area contributed by atoms with E-state index in [2.05, 4.69) is 27.5 Å². The lowest BCUT2D eigenvalue weighted by atomic mass is 10.2. The Morgan fingerprint density at radius 1 is 1.61 bits per heavy atom. The summed E-state index contributed by atoms with van der Waals surface area (Å²) >= 11 is 1.70. The molecule has 0 aliphatic carbocycles. The molecule has 6 heteroatoms. The zero-order chi connectivity index (χ0) is 12.8. The number of rotatable bonds is 4. The van der Waals surface area contributed by atoms with Crippen LogP contribution in [0.1, 0.15) is 22.7 Å². The third kappa shape index (κ3) is 3.96. The lowest BCUT2D eigenvalue weighted by Gasteiger charge is -2.14. The molecule has 5 nitrogen and oxygen atoms in total. The molecule has 100 valence electrons. The standard InChI is InChI=1S/C12H20N4OS/c1-9-6-14-11(18-9)8-16-12(13-2)15-7-10-4-3-5-17-10/h6,10H,3-5,7-8H2,1-2H3,(H2,13,15,16). The molecule has 2 heterocycles. The van der Waals surface area contributed by atoms with E-state index in [1.807, 2.05) is 6.20 Å². The van der Waals surface area contributed by atoms with E-state index >= 15 is 0 Å². The van der Waals surface area contributed by atoms with Crippen molar-refractivity contribution in [2.24, 2.45) is 4.99 Å². The molecule has 1 aromatic heterocycles. The normalized spacial score (nSPS) is 20.1. The maximum Gasteiger partial charge on any atom is 0.191 e. The van der Waals surface area contributed by atoms with Gasteiger partial charge in [-0.2, -0.15) is 0 Å². The van der Waals surface area contributed by atoms with Crippen LogP contribution >= 0.6 is 11.3 Å². The van der Waals surface area contributed by atoms with Gasteiger partial charge in [-0.25, -0.2) is 4.98 Å². The average molecular weight is 268 g/mol. The van der Waals surface area contributed by atoms with Crippen molar-refractivity contribution in [1.82, 2.24) is 15.6 Å². The topological polar surface area (TPSA) is 58.5 Å². The van der Waals surface area contributed by atoms with Crippen molar-refractivity contribution >= 4 is 17.3 Å². The van der Waals surface area contributed by atoms with Gasteiger partial charge in [0.1, 0.15) is 5.01 Å². The quantitative estimate of drug-likeness (QED) is 0.638.